The Labute approximate surface area is 89.0 Å². The molecule has 86 valence electrons. The average molecular weight is 202 g/mol. The first kappa shape index (κ1) is 13.9. The van der Waals surface area contributed by atoms with Crippen molar-refractivity contribution in [3.05, 3.63) is 0 Å². The fraction of sp³-hybridized carbons (Fsp3) is 1.00. The molecular formula is C12H26O2. The molecule has 0 heterocycles. The van der Waals surface area contributed by atoms with Crippen molar-refractivity contribution in [3.63, 3.8) is 0 Å². The highest BCUT2D eigenvalue weighted by Crippen LogP contribution is 2.23. The molecule has 0 aromatic rings. The van der Waals surface area contributed by atoms with Gasteiger partial charge in [-0.25, -0.2) is 0 Å². The van der Waals surface area contributed by atoms with Crippen LogP contribution >= 0.6 is 0 Å². The molecule has 14 heavy (non-hydrogen) atoms. The third-order valence-corrected chi connectivity index (χ3v) is 2.55. The zero-order chi connectivity index (χ0) is 11.1. The van der Waals surface area contributed by atoms with E-state index in [1.807, 2.05) is 0 Å². The number of ether oxygens (including phenoxy) is 2. The Kier molecular flexibility index (Phi) is 7.20. The van der Waals surface area contributed by atoms with Gasteiger partial charge in [0.15, 0.2) is 0 Å². The van der Waals surface area contributed by atoms with Gasteiger partial charge in [0.2, 0.25) is 0 Å². The highest BCUT2D eigenvalue weighted by molar-refractivity contribution is 4.74. The fourth-order valence-electron chi connectivity index (χ4n) is 2.13. The van der Waals surface area contributed by atoms with Crippen LogP contribution in [0.5, 0.6) is 0 Å². The van der Waals surface area contributed by atoms with E-state index >= 15 is 0 Å². The number of rotatable bonds is 7. The number of hydrogen-bond acceptors (Lipinski definition) is 2. The van der Waals surface area contributed by atoms with Crippen LogP contribution in [0, 0.1) is 17.8 Å². The molecule has 0 bridgehead atoms. The summed E-state index contributed by atoms with van der Waals surface area (Å²) in [7, 11) is 3.56. The Morgan fingerprint density at radius 3 is 1.86 bits per heavy atom. The summed E-state index contributed by atoms with van der Waals surface area (Å²) in [5.41, 5.74) is 0. The van der Waals surface area contributed by atoms with Crippen LogP contribution in [0.3, 0.4) is 0 Å². The van der Waals surface area contributed by atoms with Gasteiger partial charge >= 0.3 is 0 Å². The summed E-state index contributed by atoms with van der Waals surface area (Å²) in [6.07, 6.45) is 1.49. The van der Waals surface area contributed by atoms with Gasteiger partial charge in [-0.1, -0.05) is 27.7 Å². The van der Waals surface area contributed by atoms with E-state index in [1.54, 1.807) is 14.2 Å². The molecule has 2 atom stereocenters. The van der Waals surface area contributed by atoms with E-state index in [2.05, 4.69) is 27.7 Å². The molecule has 0 N–H and O–H groups in total. The van der Waals surface area contributed by atoms with Crippen LogP contribution in [0.4, 0.5) is 0 Å². The van der Waals surface area contributed by atoms with Crippen LogP contribution in [0.1, 0.15) is 34.1 Å². The third kappa shape index (κ3) is 4.97. The van der Waals surface area contributed by atoms with Gasteiger partial charge in [0, 0.05) is 20.1 Å². The Hall–Kier alpha value is -0.0800. The molecule has 0 aliphatic rings. The van der Waals surface area contributed by atoms with E-state index in [0.29, 0.717) is 23.9 Å². The molecule has 2 nitrogen and oxygen atoms in total. The molecule has 0 amide bonds. The van der Waals surface area contributed by atoms with Crippen molar-refractivity contribution in [2.24, 2.45) is 17.8 Å². The van der Waals surface area contributed by atoms with Gasteiger partial charge in [-0.05, 0) is 18.3 Å². The molecule has 0 fully saturated rings. The first-order valence-electron chi connectivity index (χ1n) is 5.54. The van der Waals surface area contributed by atoms with E-state index in [1.165, 1.54) is 6.42 Å². The lowest BCUT2D eigenvalue weighted by Gasteiger charge is -2.29. The van der Waals surface area contributed by atoms with Gasteiger partial charge < -0.3 is 9.47 Å². The quantitative estimate of drug-likeness (QED) is 0.632. The minimum atomic E-state index is 0.317. The lowest BCUT2D eigenvalue weighted by Crippen LogP contribution is -2.32. The first-order chi connectivity index (χ1) is 6.52. The zero-order valence-corrected chi connectivity index (χ0v) is 10.5. The Morgan fingerprint density at radius 2 is 1.57 bits per heavy atom. The second-order valence-electron chi connectivity index (χ2n) is 4.79. The van der Waals surface area contributed by atoms with E-state index < -0.39 is 0 Å². The van der Waals surface area contributed by atoms with Gasteiger partial charge in [0.05, 0.1) is 12.7 Å². The third-order valence-electron chi connectivity index (χ3n) is 2.55. The van der Waals surface area contributed by atoms with Crippen molar-refractivity contribution in [1.29, 1.82) is 0 Å². The molecule has 2 unspecified atom stereocenters. The van der Waals surface area contributed by atoms with E-state index in [4.69, 9.17) is 9.47 Å². The first-order valence-corrected chi connectivity index (χ1v) is 5.54. The van der Waals surface area contributed by atoms with Crippen molar-refractivity contribution in [2.45, 2.75) is 40.2 Å². The Balaban J connectivity index is 4.27. The molecular weight excluding hydrogens is 176 g/mol. The monoisotopic (exact) mass is 202 g/mol. The minimum absolute atomic E-state index is 0.317. The Bertz CT molecular complexity index is 132. The van der Waals surface area contributed by atoms with Gasteiger partial charge in [0.1, 0.15) is 0 Å². The van der Waals surface area contributed by atoms with Crippen molar-refractivity contribution < 1.29 is 9.47 Å². The summed E-state index contributed by atoms with van der Waals surface area (Å²) >= 11 is 0. The lowest BCUT2D eigenvalue weighted by molar-refractivity contribution is -0.0201. The van der Waals surface area contributed by atoms with Gasteiger partial charge in [-0.3, -0.25) is 0 Å². The number of methoxy groups -OCH3 is 2. The average Bonchev–Trinajstić information content (AvgIpc) is 2.03. The van der Waals surface area contributed by atoms with Crippen molar-refractivity contribution in [3.8, 4) is 0 Å². The maximum atomic E-state index is 5.55. The molecule has 0 aliphatic carbocycles. The summed E-state index contributed by atoms with van der Waals surface area (Å²) in [6, 6.07) is 0. The SMILES string of the molecule is COCC(CC(C)C)C(OC)C(C)C. The fourth-order valence-corrected chi connectivity index (χ4v) is 2.13. The lowest BCUT2D eigenvalue weighted by atomic mass is 9.87. The molecule has 0 aromatic carbocycles. The smallest absolute Gasteiger partial charge is 0.0644 e. The van der Waals surface area contributed by atoms with E-state index in [-0.39, 0.29) is 0 Å². The molecule has 0 saturated carbocycles. The second kappa shape index (κ2) is 7.24. The number of hydrogen-bond donors (Lipinski definition) is 0. The van der Waals surface area contributed by atoms with Crippen LogP contribution in [0.25, 0.3) is 0 Å². The highest BCUT2D eigenvalue weighted by atomic mass is 16.5. The summed E-state index contributed by atoms with van der Waals surface area (Å²) in [5.74, 6) is 1.77. The van der Waals surface area contributed by atoms with Crippen LogP contribution in [0.15, 0.2) is 0 Å². The van der Waals surface area contributed by atoms with Crippen LogP contribution in [-0.4, -0.2) is 26.9 Å². The van der Waals surface area contributed by atoms with Crippen LogP contribution in [0.2, 0.25) is 0 Å². The topological polar surface area (TPSA) is 18.5 Å². The molecule has 0 aromatic heterocycles. The predicted octanol–water partition coefficient (Wildman–Crippen LogP) is 2.97. The van der Waals surface area contributed by atoms with Crippen LogP contribution in [-0.2, 0) is 9.47 Å². The van der Waals surface area contributed by atoms with Gasteiger partial charge in [-0.2, -0.15) is 0 Å². The maximum Gasteiger partial charge on any atom is 0.0644 e. The standard InChI is InChI=1S/C12H26O2/c1-9(2)7-11(8-13-5)12(14-6)10(3)4/h9-12H,7-8H2,1-6H3. The van der Waals surface area contributed by atoms with Gasteiger partial charge in [-0.15, -0.1) is 0 Å². The Morgan fingerprint density at radius 1 is 1.00 bits per heavy atom. The summed E-state index contributed by atoms with van der Waals surface area (Å²) in [5, 5.41) is 0. The molecule has 0 aliphatic heterocycles. The van der Waals surface area contributed by atoms with Crippen LogP contribution < -0.4 is 0 Å². The molecule has 0 spiro atoms. The van der Waals surface area contributed by atoms with Crippen molar-refractivity contribution in [2.75, 3.05) is 20.8 Å². The zero-order valence-electron chi connectivity index (χ0n) is 10.5. The van der Waals surface area contributed by atoms with E-state index in [9.17, 15) is 0 Å². The summed E-state index contributed by atoms with van der Waals surface area (Å²) < 4.78 is 10.8. The van der Waals surface area contributed by atoms with Crippen molar-refractivity contribution in [1.82, 2.24) is 0 Å². The second-order valence-corrected chi connectivity index (χ2v) is 4.79. The molecule has 0 saturated heterocycles. The summed E-state index contributed by atoms with van der Waals surface area (Å²) in [4.78, 5) is 0. The maximum absolute atomic E-state index is 5.55. The normalized spacial score (nSPS) is 16.3. The van der Waals surface area contributed by atoms with Crippen molar-refractivity contribution >= 4 is 0 Å². The highest BCUT2D eigenvalue weighted by Gasteiger charge is 2.24. The van der Waals surface area contributed by atoms with Gasteiger partial charge in [0.25, 0.3) is 0 Å². The molecule has 2 heteroatoms. The van der Waals surface area contributed by atoms with E-state index in [0.717, 1.165) is 6.61 Å². The largest absolute Gasteiger partial charge is 0.384 e. The predicted molar refractivity (Wildman–Crippen MR) is 60.5 cm³/mol. The minimum Gasteiger partial charge on any atom is -0.384 e. The molecule has 0 radical (unpaired) electrons. The summed E-state index contributed by atoms with van der Waals surface area (Å²) in [6.45, 7) is 9.70. The molecule has 0 rings (SSSR count).